The molecule has 0 aromatic rings. The molecule has 19 heavy (non-hydrogen) atoms. The molecule has 114 valence electrons. The number of hydrogen-bond acceptors (Lipinski definition) is 2. The Hall–Kier alpha value is -0.290. The van der Waals surface area contributed by atoms with Crippen LogP contribution in [0.3, 0.4) is 0 Å². The van der Waals surface area contributed by atoms with Crippen LogP contribution >= 0.6 is 0 Å². The van der Waals surface area contributed by atoms with Gasteiger partial charge in [-0.3, -0.25) is 0 Å². The number of halogens is 3. The van der Waals surface area contributed by atoms with Crippen LogP contribution in [0.25, 0.3) is 0 Å². The maximum absolute atomic E-state index is 12.4. The van der Waals surface area contributed by atoms with Gasteiger partial charge in [-0.15, -0.1) is 0 Å². The molecule has 1 saturated carbocycles. The van der Waals surface area contributed by atoms with E-state index >= 15 is 0 Å². The highest BCUT2D eigenvalue weighted by Crippen LogP contribution is 2.32. The lowest BCUT2D eigenvalue weighted by atomic mass is 9.81. The Morgan fingerprint density at radius 2 is 1.84 bits per heavy atom. The van der Waals surface area contributed by atoms with Crippen molar-refractivity contribution in [1.82, 2.24) is 5.32 Å². The fourth-order valence-electron chi connectivity index (χ4n) is 3.03. The zero-order valence-electron chi connectivity index (χ0n) is 11.9. The van der Waals surface area contributed by atoms with Gasteiger partial charge in [0.2, 0.25) is 0 Å². The second-order valence-electron chi connectivity index (χ2n) is 5.37. The van der Waals surface area contributed by atoms with Gasteiger partial charge in [0, 0.05) is 19.1 Å². The van der Waals surface area contributed by atoms with Gasteiger partial charge < -0.3 is 10.1 Å². The average molecular weight is 281 g/mol. The summed E-state index contributed by atoms with van der Waals surface area (Å²) >= 11 is 0. The van der Waals surface area contributed by atoms with Gasteiger partial charge in [0.15, 0.2) is 0 Å². The van der Waals surface area contributed by atoms with Gasteiger partial charge in [-0.2, -0.15) is 13.2 Å². The number of nitrogens with one attached hydrogen (secondary N) is 1. The van der Waals surface area contributed by atoms with Gasteiger partial charge in [0.1, 0.15) is 0 Å². The summed E-state index contributed by atoms with van der Waals surface area (Å²) in [6.07, 6.45) is 0.923. The summed E-state index contributed by atoms with van der Waals surface area (Å²) in [5.41, 5.74) is 0. The van der Waals surface area contributed by atoms with Crippen molar-refractivity contribution in [2.45, 2.75) is 70.2 Å². The smallest absolute Gasteiger partial charge is 0.377 e. The maximum Gasteiger partial charge on any atom is 0.389 e. The Kier molecular flexibility index (Phi) is 7.15. The molecule has 1 N–H and O–H groups in total. The summed E-state index contributed by atoms with van der Waals surface area (Å²) in [5.74, 6) is 0.402. The van der Waals surface area contributed by atoms with Crippen LogP contribution < -0.4 is 5.32 Å². The molecule has 1 rings (SSSR count). The van der Waals surface area contributed by atoms with E-state index in [-0.39, 0.29) is 18.6 Å². The van der Waals surface area contributed by atoms with Crippen molar-refractivity contribution in [2.24, 2.45) is 5.92 Å². The molecular weight excluding hydrogens is 255 g/mol. The summed E-state index contributed by atoms with van der Waals surface area (Å²) in [6, 6.07) is -0.204. The van der Waals surface area contributed by atoms with E-state index in [1.54, 1.807) is 7.05 Å². The van der Waals surface area contributed by atoms with Gasteiger partial charge in [0.25, 0.3) is 0 Å². The molecule has 0 heterocycles. The summed E-state index contributed by atoms with van der Waals surface area (Å²) in [6.45, 7) is 2.47. The lowest BCUT2D eigenvalue weighted by Crippen LogP contribution is -2.45. The highest BCUT2D eigenvalue weighted by atomic mass is 19.4. The van der Waals surface area contributed by atoms with Crippen molar-refractivity contribution in [3.8, 4) is 0 Å². The molecule has 2 nitrogen and oxygen atoms in total. The van der Waals surface area contributed by atoms with E-state index in [9.17, 15) is 13.2 Å². The van der Waals surface area contributed by atoms with Crippen molar-refractivity contribution >= 4 is 0 Å². The molecule has 0 bridgehead atoms. The molecule has 1 fully saturated rings. The number of rotatable bonds is 7. The predicted molar refractivity (Wildman–Crippen MR) is 70.1 cm³/mol. The summed E-state index contributed by atoms with van der Waals surface area (Å²) in [4.78, 5) is 0. The first kappa shape index (κ1) is 16.8. The third-order valence-electron chi connectivity index (χ3n) is 3.98. The zero-order chi connectivity index (χ0) is 14.3. The Morgan fingerprint density at radius 1 is 1.21 bits per heavy atom. The quantitative estimate of drug-likeness (QED) is 0.764. The molecule has 0 saturated heterocycles. The Labute approximate surface area is 114 Å². The average Bonchev–Trinajstić information content (AvgIpc) is 2.38. The minimum atomic E-state index is -4.08. The molecule has 2 unspecified atom stereocenters. The molecule has 0 aromatic carbocycles. The van der Waals surface area contributed by atoms with Crippen LogP contribution in [0, 0.1) is 5.92 Å². The van der Waals surface area contributed by atoms with E-state index in [1.165, 1.54) is 19.3 Å². The number of likely N-dealkylation sites (N-methyl/N-ethyl adjacent to an activating group) is 1. The van der Waals surface area contributed by atoms with Crippen molar-refractivity contribution in [3.05, 3.63) is 0 Å². The van der Waals surface area contributed by atoms with E-state index in [1.807, 2.05) is 6.92 Å². The fraction of sp³-hybridized carbons (Fsp3) is 1.00. The van der Waals surface area contributed by atoms with Crippen LogP contribution in [0.2, 0.25) is 0 Å². The second kappa shape index (κ2) is 8.10. The van der Waals surface area contributed by atoms with Gasteiger partial charge >= 0.3 is 6.18 Å². The predicted octanol–water partition coefficient (Wildman–Crippen LogP) is 3.90. The molecule has 5 heteroatoms. The lowest BCUT2D eigenvalue weighted by molar-refractivity contribution is -0.139. The van der Waals surface area contributed by atoms with Gasteiger partial charge in [-0.1, -0.05) is 19.3 Å². The van der Waals surface area contributed by atoms with Crippen molar-refractivity contribution < 1.29 is 17.9 Å². The van der Waals surface area contributed by atoms with Gasteiger partial charge in [-0.05, 0) is 39.2 Å². The summed E-state index contributed by atoms with van der Waals surface area (Å²) in [5, 5.41) is 3.03. The van der Waals surface area contributed by atoms with Crippen LogP contribution in [0.15, 0.2) is 0 Å². The van der Waals surface area contributed by atoms with E-state index in [0.717, 1.165) is 12.8 Å². The van der Waals surface area contributed by atoms with Crippen LogP contribution in [-0.4, -0.2) is 32.0 Å². The number of alkyl halides is 3. The van der Waals surface area contributed by atoms with Crippen LogP contribution in [-0.2, 0) is 4.74 Å². The highest BCUT2D eigenvalue weighted by molar-refractivity contribution is 4.84. The topological polar surface area (TPSA) is 21.3 Å². The van der Waals surface area contributed by atoms with Gasteiger partial charge in [-0.25, -0.2) is 0 Å². The Balaban J connectivity index is 2.59. The molecule has 0 aromatic heterocycles. The number of ether oxygens (including phenoxy) is 1. The normalized spacial score (nSPS) is 21.3. The lowest BCUT2D eigenvalue weighted by Gasteiger charge is -2.35. The third-order valence-corrected chi connectivity index (χ3v) is 3.98. The third kappa shape index (κ3) is 6.13. The molecule has 0 spiro atoms. The van der Waals surface area contributed by atoms with E-state index in [0.29, 0.717) is 12.5 Å². The first-order valence-electron chi connectivity index (χ1n) is 7.33. The van der Waals surface area contributed by atoms with Crippen LogP contribution in [0.1, 0.15) is 51.9 Å². The first-order chi connectivity index (χ1) is 8.98. The van der Waals surface area contributed by atoms with E-state index in [4.69, 9.17) is 4.74 Å². The largest absolute Gasteiger partial charge is 0.389 e. The SMILES string of the molecule is CCOC(C1CCCCC1)C(CCC(F)(F)F)NC. The summed E-state index contributed by atoms with van der Waals surface area (Å²) < 4.78 is 42.9. The molecule has 0 aliphatic heterocycles. The number of hydrogen-bond donors (Lipinski definition) is 1. The van der Waals surface area contributed by atoms with Crippen molar-refractivity contribution in [2.75, 3.05) is 13.7 Å². The second-order valence-corrected chi connectivity index (χ2v) is 5.37. The van der Waals surface area contributed by atoms with Crippen molar-refractivity contribution in [1.29, 1.82) is 0 Å². The molecule has 0 amide bonds. The standard InChI is InChI=1S/C14H26F3NO/c1-3-19-13(11-7-5-4-6-8-11)12(18-2)9-10-14(15,16)17/h11-13,18H,3-10H2,1-2H3. The fourth-order valence-corrected chi connectivity index (χ4v) is 3.03. The minimum absolute atomic E-state index is 0.0855. The highest BCUT2D eigenvalue weighted by Gasteiger charge is 2.34. The zero-order valence-corrected chi connectivity index (χ0v) is 11.9. The molecule has 1 aliphatic carbocycles. The minimum Gasteiger partial charge on any atom is -0.377 e. The Morgan fingerprint density at radius 3 is 2.32 bits per heavy atom. The van der Waals surface area contributed by atoms with Gasteiger partial charge in [0.05, 0.1) is 6.10 Å². The Bertz CT molecular complexity index is 239. The molecule has 0 radical (unpaired) electrons. The van der Waals surface area contributed by atoms with Crippen LogP contribution in [0.5, 0.6) is 0 Å². The van der Waals surface area contributed by atoms with Crippen molar-refractivity contribution in [3.63, 3.8) is 0 Å². The molecular formula is C14H26F3NO. The monoisotopic (exact) mass is 281 g/mol. The van der Waals surface area contributed by atoms with E-state index in [2.05, 4.69) is 5.32 Å². The maximum atomic E-state index is 12.4. The molecule has 1 aliphatic rings. The first-order valence-corrected chi connectivity index (χ1v) is 7.33. The summed E-state index contributed by atoms with van der Waals surface area (Å²) in [7, 11) is 1.73. The molecule has 2 atom stereocenters. The van der Waals surface area contributed by atoms with Crippen LogP contribution in [0.4, 0.5) is 13.2 Å². The van der Waals surface area contributed by atoms with E-state index < -0.39 is 12.6 Å².